The number of amidine groups is 1. The molecule has 3 aromatic rings. The standard InChI is InChI=1S/C28H23F3N4O4S/c29-28(30,31)21-2-1-3-23(17-21)33-12-14-34(15-13-33)27-32-26(36)25(40-27)16-19-6-10-24(11-7-19)39-18-20-4-8-22(9-5-20)35(37)38/h1-11,16-17H,12-15,18H2. The molecule has 0 aromatic heterocycles. The van der Waals surface area contributed by atoms with Crippen molar-refractivity contribution in [2.45, 2.75) is 12.8 Å². The van der Waals surface area contributed by atoms with Gasteiger partial charge in [-0.25, -0.2) is 0 Å². The molecule has 0 aliphatic carbocycles. The normalized spacial score (nSPS) is 16.8. The van der Waals surface area contributed by atoms with Crippen molar-refractivity contribution >= 4 is 40.3 Å². The number of rotatable bonds is 6. The Morgan fingerprint density at radius 1 is 0.975 bits per heavy atom. The number of ether oxygens (including phenoxy) is 1. The van der Waals surface area contributed by atoms with Gasteiger partial charge in [0, 0.05) is 44.0 Å². The minimum Gasteiger partial charge on any atom is -0.489 e. The lowest BCUT2D eigenvalue weighted by atomic mass is 10.1. The average Bonchev–Trinajstić information content (AvgIpc) is 3.32. The third kappa shape index (κ3) is 6.45. The highest BCUT2D eigenvalue weighted by molar-refractivity contribution is 8.18. The molecule has 40 heavy (non-hydrogen) atoms. The van der Waals surface area contributed by atoms with E-state index in [2.05, 4.69) is 4.99 Å². The molecule has 2 aliphatic rings. The summed E-state index contributed by atoms with van der Waals surface area (Å²) in [5.74, 6) is 0.278. The van der Waals surface area contributed by atoms with Crippen molar-refractivity contribution in [3.63, 3.8) is 0 Å². The van der Waals surface area contributed by atoms with Crippen LogP contribution in [0.2, 0.25) is 0 Å². The van der Waals surface area contributed by atoms with Crippen LogP contribution in [0.4, 0.5) is 24.5 Å². The second-order valence-electron chi connectivity index (χ2n) is 9.11. The maximum absolute atomic E-state index is 13.1. The third-order valence-corrected chi connectivity index (χ3v) is 7.47. The Bertz CT molecular complexity index is 1470. The summed E-state index contributed by atoms with van der Waals surface area (Å²) in [6.07, 6.45) is -2.64. The van der Waals surface area contributed by atoms with E-state index in [-0.39, 0.29) is 18.2 Å². The first-order valence-electron chi connectivity index (χ1n) is 12.3. The van der Waals surface area contributed by atoms with E-state index >= 15 is 0 Å². The lowest BCUT2D eigenvalue weighted by Crippen LogP contribution is -2.47. The van der Waals surface area contributed by atoms with Crippen LogP contribution in [0.25, 0.3) is 6.08 Å². The van der Waals surface area contributed by atoms with Gasteiger partial charge in [0.15, 0.2) is 5.17 Å². The predicted molar refractivity (Wildman–Crippen MR) is 147 cm³/mol. The zero-order valence-corrected chi connectivity index (χ0v) is 21.8. The lowest BCUT2D eigenvalue weighted by Gasteiger charge is -2.36. The number of thioether (sulfide) groups is 1. The number of piperazine rings is 1. The number of nitro benzene ring substituents is 1. The number of nitrogens with zero attached hydrogens (tertiary/aromatic N) is 4. The summed E-state index contributed by atoms with van der Waals surface area (Å²) in [4.78, 5) is 31.4. The van der Waals surface area contributed by atoms with Crippen LogP contribution in [-0.2, 0) is 17.6 Å². The number of carbonyl (C=O) groups is 1. The van der Waals surface area contributed by atoms with Crippen LogP contribution < -0.4 is 9.64 Å². The van der Waals surface area contributed by atoms with Crippen molar-refractivity contribution in [1.82, 2.24) is 4.90 Å². The minimum absolute atomic E-state index is 0.0185. The zero-order chi connectivity index (χ0) is 28.3. The summed E-state index contributed by atoms with van der Waals surface area (Å²) < 4.78 is 45.0. The average molecular weight is 569 g/mol. The lowest BCUT2D eigenvalue weighted by molar-refractivity contribution is -0.384. The predicted octanol–water partition coefficient (Wildman–Crippen LogP) is 5.99. The monoisotopic (exact) mass is 568 g/mol. The molecular weight excluding hydrogens is 545 g/mol. The molecule has 0 saturated carbocycles. The van der Waals surface area contributed by atoms with Crippen LogP contribution in [0, 0.1) is 10.1 Å². The molecule has 3 aromatic carbocycles. The molecule has 0 radical (unpaired) electrons. The minimum atomic E-state index is -4.39. The summed E-state index contributed by atoms with van der Waals surface area (Å²) in [6.45, 7) is 2.34. The van der Waals surface area contributed by atoms with Crippen LogP contribution in [0.1, 0.15) is 16.7 Å². The second kappa shape index (κ2) is 11.4. The highest BCUT2D eigenvalue weighted by atomic mass is 32.2. The topological polar surface area (TPSA) is 88.3 Å². The second-order valence-corrected chi connectivity index (χ2v) is 10.1. The van der Waals surface area contributed by atoms with E-state index in [1.54, 1.807) is 36.4 Å². The van der Waals surface area contributed by atoms with Crippen molar-refractivity contribution < 1.29 is 27.6 Å². The molecule has 0 atom stereocenters. The van der Waals surface area contributed by atoms with Crippen molar-refractivity contribution in [3.8, 4) is 5.75 Å². The number of aliphatic imine (C=N–C) groups is 1. The Balaban J connectivity index is 1.14. The molecule has 0 bridgehead atoms. The van der Waals surface area contributed by atoms with Crippen LogP contribution in [-0.4, -0.2) is 47.1 Å². The van der Waals surface area contributed by atoms with Crippen molar-refractivity contribution in [3.05, 3.63) is 105 Å². The van der Waals surface area contributed by atoms with E-state index in [1.807, 2.05) is 21.9 Å². The number of non-ortho nitro benzene ring substituents is 1. The molecule has 0 spiro atoms. The molecule has 5 rings (SSSR count). The first kappa shape index (κ1) is 27.3. The van der Waals surface area contributed by atoms with Crippen LogP contribution >= 0.6 is 11.8 Å². The zero-order valence-electron chi connectivity index (χ0n) is 21.0. The fraction of sp³-hybridized carbons (Fsp3) is 0.214. The summed E-state index contributed by atoms with van der Waals surface area (Å²) in [5.41, 5.74) is 1.46. The fourth-order valence-electron chi connectivity index (χ4n) is 4.26. The highest BCUT2D eigenvalue weighted by Crippen LogP contribution is 2.33. The van der Waals surface area contributed by atoms with Crippen LogP contribution in [0.5, 0.6) is 5.75 Å². The maximum Gasteiger partial charge on any atom is 0.416 e. The Labute approximate surface area is 231 Å². The number of alkyl halides is 3. The van der Waals surface area contributed by atoms with Crippen molar-refractivity contribution in [1.29, 1.82) is 0 Å². The SMILES string of the molecule is O=C1N=C(N2CCN(c3cccc(C(F)(F)F)c3)CC2)SC1=Cc1ccc(OCc2ccc([N+](=O)[O-])cc2)cc1. The van der Waals surface area contributed by atoms with E-state index in [4.69, 9.17) is 4.74 Å². The molecular formula is C28H23F3N4O4S. The largest absolute Gasteiger partial charge is 0.489 e. The molecule has 1 fully saturated rings. The van der Waals surface area contributed by atoms with Gasteiger partial charge in [0.25, 0.3) is 11.6 Å². The molecule has 0 unspecified atom stereocenters. The molecule has 1 saturated heterocycles. The first-order chi connectivity index (χ1) is 19.2. The Kier molecular flexibility index (Phi) is 7.78. The molecule has 0 N–H and O–H groups in total. The van der Waals surface area contributed by atoms with E-state index in [0.29, 0.717) is 47.7 Å². The fourth-order valence-corrected chi connectivity index (χ4v) is 5.23. The number of benzene rings is 3. The number of halogens is 3. The first-order valence-corrected chi connectivity index (χ1v) is 13.1. The van der Waals surface area contributed by atoms with Gasteiger partial charge < -0.3 is 14.5 Å². The van der Waals surface area contributed by atoms with Gasteiger partial charge in [-0.05, 0) is 71.4 Å². The van der Waals surface area contributed by atoms with Crippen LogP contribution in [0.15, 0.2) is 82.7 Å². The molecule has 1 amide bonds. The Morgan fingerprint density at radius 3 is 2.30 bits per heavy atom. The summed E-state index contributed by atoms with van der Waals surface area (Å²) in [5, 5.41) is 11.4. The van der Waals surface area contributed by atoms with Gasteiger partial charge in [0.1, 0.15) is 12.4 Å². The number of nitro groups is 1. The molecule has 12 heteroatoms. The van der Waals surface area contributed by atoms with Gasteiger partial charge in [-0.1, -0.05) is 18.2 Å². The van der Waals surface area contributed by atoms with Crippen molar-refractivity contribution in [2.75, 3.05) is 31.1 Å². The van der Waals surface area contributed by atoms with E-state index < -0.39 is 16.7 Å². The van der Waals surface area contributed by atoms with Gasteiger partial charge in [-0.15, -0.1) is 0 Å². The van der Waals surface area contributed by atoms with Gasteiger partial charge in [-0.2, -0.15) is 18.2 Å². The van der Waals surface area contributed by atoms with Crippen LogP contribution in [0.3, 0.4) is 0 Å². The molecule has 2 aliphatic heterocycles. The highest BCUT2D eigenvalue weighted by Gasteiger charge is 2.32. The number of anilines is 1. The number of hydrogen-bond donors (Lipinski definition) is 0. The van der Waals surface area contributed by atoms with Gasteiger partial charge in [0.2, 0.25) is 0 Å². The van der Waals surface area contributed by atoms with E-state index in [0.717, 1.165) is 23.3 Å². The quantitative estimate of drug-likeness (QED) is 0.205. The molecule has 2 heterocycles. The summed E-state index contributed by atoms with van der Waals surface area (Å²) in [7, 11) is 0. The smallest absolute Gasteiger partial charge is 0.416 e. The molecule has 206 valence electrons. The summed E-state index contributed by atoms with van der Waals surface area (Å²) in [6, 6.07) is 18.6. The number of amides is 1. The summed E-state index contributed by atoms with van der Waals surface area (Å²) >= 11 is 1.28. The van der Waals surface area contributed by atoms with Gasteiger partial charge >= 0.3 is 6.18 Å². The van der Waals surface area contributed by atoms with Gasteiger partial charge in [0.05, 0.1) is 15.4 Å². The van der Waals surface area contributed by atoms with Crippen molar-refractivity contribution in [2.24, 2.45) is 4.99 Å². The number of carbonyl (C=O) groups excluding carboxylic acids is 1. The third-order valence-electron chi connectivity index (χ3n) is 6.43. The Morgan fingerprint density at radius 2 is 1.65 bits per heavy atom. The van der Waals surface area contributed by atoms with E-state index in [1.165, 1.54) is 30.0 Å². The van der Waals surface area contributed by atoms with Gasteiger partial charge in [-0.3, -0.25) is 14.9 Å². The number of hydrogen-bond acceptors (Lipinski definition) is 7. The molecule has 8 nitrogen and oxygen atoms in total. The maximum atomic E-state index is 13.1. The van der Waals surface area contributed by atoms with E-state index in [9.17, 15) is 28.1 Å². The Hall–Kier alpha value is -4.32.